The van der Waals surface area contributed by atoms with Crippen LogP contribution in [0.2, 0.25) is 0 Å². The van der Waals surface area contributed by atoms with E-state index in [1.807, 2.05) is 72.1 Å². The molecule has 1 saturated heterocycles. The Kier molecular flexibility index (Phi) is 6.81. The molecule has 3 heterocycles. The lowest BCUT2D eigenvalue weighted by atomic mass is 10.0. The number of nitrogens with one attached hydrogen (secondary N) is 2. The molecule has 3 N–H and O–H groups in total. The van der Waals surface area contributed by atoms with Gasteiger partial charge in [-0.3, -0.25) is 9.59 Å². The first-order valence-electron chi connectivity index (χ1n) is 11.9. The second-order valence-corrected chi connectivity index (χ2v) is 10.2. The lowest BCUT2D eigenvalue weighted by Crippen LogP contribution is -2.35. The van der Waals surface area contributed by atoms with Crippen LogP contribution in [0, 0.1) is 0 Å². The van der Waals surface area contributed by atoms with Gasteiger partial charge in [0.15, 0.2) is 0 Å². The molecule has 0 bridgehead atoms. The van der Waals surface area contributed by atoms with Gasteiger partial charge in [-0.25, -0.2) is 0 Å². The van der Waals surface area contributed by atoms with Crippen molar-refractivity contribution in [3.05, 3.63) is 105 Å². The number of aromatic nitrogens is 1. The van der Waals surface area contributed by atoms with E-state index in [1.54, 1.807) is 11.9 Å². The smallest absolute Gasteiger partial charge is 0.266 e. The minimum Gasteiger partial charge on any atom is -0.387 e. The minimum absolute atomic E-state index is 0.0524. The van der Waals surface area contributed by atoms with Gasteiger partial charge in [-0.15, -0.1) is 11.3 Å². The predicted molar refractivity (Wildman–Crippen MR) is 140 cm³/mol. The molecule has 1 aliphatic heterocycles. The van der Waals surface area contributed by atoms with Gasteiger partial charge < -0.3 is 20.3 Å². The Morgan fingerprint density at radius 2 is 1.89 bits per heavy atom. The molecule has 3 atom stereocenters. The number of carbonyl (C=O) groups excluding carboxylic acids is 1. The Morgan fingerprint density at radius 3 is 2.66 bits per heavy atom. The molecule has 0 aliphatic carbocycles. The number of benzene rings is 2. The van der Waals surface area contributed by atoms with Crippen molar-refractivity contribution in [3.8, 4) is 0 Å². The summed E-state index contributed by atoms with van der Waals surface area (Å²) in [7, 11) is 1.74. The van der Waals surface area contributed by atoms with Gasteiger partial charge in [0.1, 0.15) is 0 Å². The molecule has 35 heavy (non-hydrogen) atoms. The van der Waals surface area contributed by atoms with Crippen LogP contribution < -0.4 is 10.9 Å². The van der Waals surface area contributed by atoms with E-state index in [1.165, 1.54) is 11.3 Å². The predicted octanol–water partition coefficient (Wildman–Crippen LogP) is 4.26. The van der Waals surface area contributed by atoms with Crippen molar-refractivity contribution in [1.82, 2.24) is 15.2 Å². The maximum absolute atomic E-state index is 13.0. The van der Waals surface area contributed by atoms with E-state index in [-0.39, 0.29) is 17.5 Å². The molecule has 0 radical (unpaired) electrons. The standard InChI is InChI=1S/C28H29N3O3S/c1-31(17-23-16-21-13-14-35-26(21)27(33)30-23)28(34)20-9-7-18(8-10-20)15-22-11-12-24(29-22)25(32)19-5-3-2-4-6-19/h2-10,13-14,16,22,24-25,29,32H,11-12,15,17H2,1H3,(H,30,33)/t22-,24+,25+/m0/s1. The Morgan fingerprint density at radius 1 is 1.11 bits per heavy atom. The Balaban J connectivity index is 1.17. The summed E-state index contributed by atoms with van der Waals surface area (Å²) < 4.78 is 0.705. The summed E-state index contributed by atoms with van der Waals surface area (Å²) in [6, 6.07) is 21.7. The highest BCUT2D eigenvalue weighted by molar-refractivity contribution is 7.17. The maximum Gasteiger partial charge on any atom is 0.266 e. The van der Waals surface area contributed by atoms with Gasteiger partial charge in [-0.05, 0) is 65.4 Å². The average Bonchev–Trinajstić information content (AvgIpc) is 3.54. The molecule has 0 spiro atoms. The molecule has 1 fully saturated rings. The summed E-state index contributed by atoms with van der Waals surface area (Å²) in [5.41, 5.74) is 3.32. The topological polar surface area (TPSA) is 85.4 Å². The van der Waals surface area contributed by atoms with Crippen molar-refractivity contribution >= 4 is 27.3 Å². The highest BCUT2D eigenvalue weighted by Gasteiger charge is 2.29. The van der Waals surface area contributed by atoms with E-state index in [9.17, 15) is 14.7 Å². The molecule has 5 rings (SSSR count). The number of rotatable bonds is 7. The fourth-order valence-corrected chi connectivity index (χ4v) is 5.66. The molecule has 1 amide bonds. The van der Waals surface area contributed by atoms with Crippen LogP contribution in [0.4, 0.5) is 0 Å². The molecule has 2 aromatic carbocycles. The summed E-state index contributed by atoms with van der Waals surface area (Å²) >= 11 is 1.42. The van der Waals surface area contributed by atoms with Crippen LogP contribution in [0.1, 0.15) is 46.1 Å². The van der Waals surface area contributed by atoms with E-state index in [4.69, 9.17) is 0 Å². The van der Waals surface area contributed by atoms with Crippen molar-refractivity contribution in [3.63, 3.8) is 0 Å². The summed E-state index contributed by atoms with van der Waals surface area (Å²) in [6.45, 7) is 0.332. The summed E-state index contributed by atoms with van der Waals surface area (Å²) in [5.74, 6) is -0.0900. The third-order valence-electron chi connectivity index (χ3n) is 6.74. The molecule has 0 saturated carbocycles. The number of nitrogens with zero attached hydrogens (tertiary/aromatic N) is 1. The highest BCUT2D eigenvalue weighted by Crippen LogP contribution is 2.27. The lowest BCUT2D eigenvalue weighted by molar-refractivity contribution is 0.0783. The fraction of sp³-hybridized carbons (Fsp3) is 0.286. The number of amides is 1. The van der Waals surface area contributed by atoms with E-state index >= 15 is 0 Å². The van der Waals surface area contributed by atoms with Gasteiger partial charge in [0.2, 0.25) is 0 Å². The van der Waals surface area contributed by atoms with E-state index in [2.05, 4.69) is 10.3 Å². The van der Waals surface area contributed by atoms with Crippen molar-refractivity contribution < 1.29 is 9.90 Å². The van der Waals surface area contributed by atoms with Crippen LogP contribution in [-0.4, -0.2) is 40.0 Å². The van der Waals surface area contributed by atoms with E-state index < -0.39 is 6.10 Å². The number of aromatic amines is 1. The normalized spacial score (nSPS) is 18.6. The summed E-state index contributed by atoms with van der Waals surface area (Å²) in [4.78, 5) is 29.7. The molecule has 0 unspecified atom stereocenters. The number of aliphatic hydroxyl groups excluding tert-OH is 1. The Bertz CT molecular complexity index is 1360. The van der Waals surface area contributed by atoms with Crippen LogP contribution in [-0.2, 0) is 13.0 Å². The number of carbonyl (C=O) groups is 1. The summed E-state index contributed by atoms with van der Waals surface area (Å²) in [6.07, 6.45) is 2.28. The second-order valence-electron chi connectivity index (χ2n) is 9.29. The van der Waals surface area contributed by atoms with E-state index in [0.717, 1.165) is 35.8 Å². The quantitative estimate of drug-likeness (QED) is 0.364. The number of fused-ring (bicyclic) bond motifs is 1. The Labute approximate surface area is 208 Å². The zero-order valence-electron chi connectivity index (χ0n) is 19.6. The molecule has 4 aromatic rings. The van der Waals surface area contributed by atoms with Crippen LogP contribution >= 0.6 is 11.3 Å². The van der Waals surface area contributed by atoms with Crippen LogP contribution in [0.15, 0.2) is 76.9 Å². The van der Waals surface area contributed by atoms with Crippen LogP contribution in [0.25, 0.3) is 10.1 Å². The van der Waals surface area contributed by atoms with Gasteiger partial charge in [0.25, 0.3) is 11.5 Å². The number of H-pyrrole nitrogens is 1. The number of pyridine rings is 1. The van der Waals surface area contributed by atoms with Crippen molar-refractivity contribution in [2.75, 3.05) is 7.05 Å². The lowest BCUT2D eigenvalue weighted by Gasteiger charge is -2.20. The molecular weight excluding hydrogens is 458 g/mol. The molecule has 1 aliphatic rings. The first kappa shape index (κ1) is 23.5. The third-order valence-corrected chi connectivity index (χ3v) is 7.67. The van der Waals surface area contributed by atoms with Crippen molar-refractivity contribution in [1.29, 1.82) is 0 Å². The first-order valence-corrected chi connectivity index (χ1v) is 12.8. The van der Waals surface area contributed by atoms with E-state index in [0.29, 0.717) is 28.5 Å². The van der Waals surface area contributed by atoms with Gasteiger partial charge in [0, 0.05) is 30.4 Å². The fourth-order valence-electron chi connectivity index (χ4n) is 4.89. The molecule has 6 nitrogen and oxygen atoms in total. The number of hydrogen-bond donors (Lipinski definition) is 3. The third kappa shape index (κ3) is 5.22. The monoisotopic (exact) mass is 487 g/mol. The number of hydrogen-bond acceptors (Lipinski definition) is 5. The number of thiophene rings is 1. The minimum atomic E-state index is -0.507. The second kappa shape index (κ2) is 10.2. The van der Waals surface area contributed by atoms with Crippen LogP contribution in [0.5, 0.6) is 0 Å². The number of aliphatic hydroxyl groups is 1. The molecule has 7 heteroatoms. The largest absolute Gasteiger partial charge is 0.387 e. The maximum atomic E-state index is 13.0. The van der Waals surface area contributed by atoms with Crippen molar-refractivity contribution in [2.24, 2.45) is 0 Å². The average molecular weight is 488 g/mol. The zero-order chi connectivity index (χ0) is 24.4. The van der Waals surface area contributed by atoms with Gasteiger partial charge in [0.05, 0.1) is 17.3 Å². The SMILES string of the molecule is CN(Cc1cc2ccsc2c(=O)[nH]1)C(=O)c1ccc(C[C@@H]2CC[C@H]([C@H](O)c3ccccc3)N2)cc1. The highest BCUT2D eigenvalue weighted by atomic mass is 32.1. The summed E-state index contributed by atoms with van der Waals surface area (Å²) in [5, 5.41) is 17.1. The molecule has 180 valence electrons. The van der Waals surface area contributed by atoms with Gasteiger partial charge in [-0.2, -0.15) is 0 Å². The molecular formula is C28H29N3O3S. The first-order chi connectivity index (χ1) is 17.0. The zero-order valence-corrected chi connectivity index (χ0v) is 20.4. The van der Waals surface area contributed by atoms with Gasteiger partial charge in [-0.1, -0.05) is 42.5 Å². The molecule has 2 aromatic heterocycles. The van der Waals surface area contributed by atoms with Crippen molar-refractivity contribution in [2.45, 2.75) is 44.0 Å². The van der Waals surface area contributed by atoms with Crippen LogP contribution in [0.3, 0.4) is 0 Å². The van der Waals surface area contributed by atoms with Gasteiger partial charge >= 0.3 is 0 Å². The Hall–Kier alpha value is -3.26.